The number of rotatable bonds is 6. The lowest BCUT2D eigenvalue weighted by atomic mass is 10.0. The Morgan fingerprint density at radius 1 is 1.26 bits per heavy atom. The molecule has 1 amide bonds. The number of pyridine rings is 1. The van der Waals surface area contributed by atoms with Crippen molar-refractivity contribution in [3.63, 3.8) is 0 Å². The summed E-state index contributed by atoms with van der Waals surface area (Å²) in [6, 6.07) is 9.92. The summed E-state index contributed by atoms with van der Waals surface area (Å²) < 4.78 is 10.2. The van der Waals surface area contributed by atoms with Gasteiger partial charge < -0.3 is 19.5 Å². The molecule has 3 rings (SSSR count). The van der Waals surface area contributed by atoms with Crippen molar-refractivity contribution in [3.8, 4) is 5.75 Å². The molecule has 0 radical (unpaired) electrons. The van der Waals surface area contributed by atoms with E-state index < -0.39 is 23.7 Å². The van der Waals surface area contributed by atoms with E-state index in [2.05, 4.69) is 4.98 Å². The van der Waals surface area contributed by atoms with Crippen LogP contribution in [-0.4, -0.2) is 40.6 Å². The first-order valence-electron chi connectivity index (χ1n) is 8.50. The van der Waals surface area contributed by atoms with Crippen LogP contribution >= 0.6 is 0 Å². The highest BCUT2D eigenvalue weighted by Gasteiger charge is 2.44. The number of methoxy groups -OCH3 is 1. The summed E-state index contributed by atoms with van der Waals surface area (Å²) in [4.78, 5) is 30.6. The molecule has 7 nitrogen and oxygen atoms in total. The van der Waals surface area contributed by atoms with Gasteiger partial charge in [0.25, 0.3) is 5.91 Å². The summed E-state index contributed by atoms with van der Waals surface area (Å²) in [6.07, 6.45) is 3.17. The summed E-state index contributed by atoms with van der Waals surface area (Å²) in [5.41, 5.74) is 1.38. The number of aliphatic hydroxyl groups excluding tert-OH is 1. The molecule has 1 aromatic carbocycles. The predicted molar refractivity (Wildman–Crippen MR) is 96.8 cm³/mol. The summed E-state index contributed by atoms with van der Waals surface area (Å²) >= 11 is 0. The second kappa shape index (κ2) is 7.90. The summed E-state index contributed by atoms with van der Waals surface area (Å²) in [5.74, 6) is -1.23. The van der Waals surface area contributed by atoms with Gasteiger partial charge in [0, 0.05) is 18.9 Å². The lowest BCUT2D eigenvalue weighted by molar-refractivity contribution is -0.139. The molecule has 0 fully saturated rings. The van der Waals surface area contributed by atoms with Crippen molar-refractivity contribution in [2.45, 2.75) is 19.5 Å². The minimum atomic E-state index is -0.771. The second-order valence-corrected chi connectivity index (χ2v) is 5.95. The maximum absolute atomic E-state index is 12.7. The minimum Gasteiger partial charge on any atom is -0.503 e. The number of hydrogen-bond donors (Lipinski definition) is 1. The van der Waals surface area contributed by atoms with Crippen molar-refractivity contribution in [2.24, 2.45) is 0 Å². The van der Waals surface area contributed by atoms with Crippen LogP contribution in [0.25, 0.3) is 0 Å². The van der Waals surface area contributed by atoms with E-state index in [0.29, 0.717) is 11.3 Å². The van der Waals surface area contributed by atoms with Gasteiger partial charge in [-0.2, -0.15) is 0 Å². The molecule has 0 spiro atoms. The number of nitrogens with zero attached hydrogens (tertiary/aromatic N) is 2. The van der Waals surface area contributed by atoms with Gasteiger partial charge in [-0.3, -0.25) is 9.78 Å². The standard InChI is InChI=1S/C20H20N2O5/c1-3-27-20(25)16-17(14-5-4-10-21-11-14)22(19(24)18(16)23)12-13-6-8-15(26-2)9-7-13/h4-11,17,23H,3,12H2,1-2H3/t17-/m0/s1. The van der Waals surface area contributed by atoms with E-state index in [-0.39, 0.29) is 18.7 Å². The van der Waals surface area contributed by atoms with Gasteiger partial charge in [-0.1, -0.05) is 18.2 Å². The number of aromatic nitrogens is 1. The third-order valence-corrected chi connectivity index (χ3v) is 4.31. The van der Waals surface area contributed by atoms with E-state index in [1.807, 2.05) is 12.1 Å². The number of esters is 1. The summed E-state index contributed by atoms with van der Waals surface area (Å²) in [6.45, 7) is 2.01. The molecule has 2 aromatic rings. The average Bonchev–Trinajstić information content (AvgIpc) is 2.94. The summed E-state index contributed by atoms with van der Waals surface area (Å²) in [7, 11) is 1.57. The van der Waals surface area contributed by atoms with Crippen molar-refractivity contribution in [2.75, 3.05) is 13.7 Å². The molecule has 0 saturated heterocycles. The fraction of sp³-hybridized carbons (Fsp3) is 0.250. The lowest BCUT2D eigenvalue weighted by Crippen LogP contribution is -2.31. The van der Waals surface area contributed by atoms with Crippen LogP contribution in [0.15, 0.2) is 60.1 Å². The fourth-order valence-corrected chi connectivity index (χ4v) is 3.05. The molecule has 0 aliphatic carbocycles. The quantitative estimate of drug-likeness (QED) is 0.788. The molecule has 27 heavy (non-hydrogen) atoms. The molecule has 0 bridgehead atoms. The first-order chi connectivity index (χ1) is 13.1. The van der Waals surface area contributed by atoms with Gasteiger partial charge in [-0.05, 0) is 36.2 Å². The van der Waals surface area contributed by atoms with Crippen LogP contribution in [0.3, 0.4) is 0 Å². The topological polar surface area (TPSA) is 89.0 Å². The number of benzene rings is 1. The zero-order chi connectivity index (χ0) is 19.4. The predicted octanol–water partition coefficient (Wildman–Crippen LogP) is 2.55. The van der Waals surface area contributed by atoms with E-state index in [1.165, 1.54) is 4.90 Å². The van der Waals surface area contributed by atoms with Crippen molar-refractivity contribution in [1.82, 2.24) is 9.88 Å². The van der Waals surface area contributed by atoms with Gasteiger partial charge in [0.15, 0.2) is 5.76 Å². The van der Waals surface area contributed by atoms with Gasteiger partial charge in [0.05, 0.1) is 19.8 Å². The Labute approximate surface area is 156 Å². The average molecular weight is 368 g/mol. The third-order valence-electron chi connectivity index (χ3n) is 4.31. The first kappa shape index (κ1) is 18.4. The number of carbonyl (C=O) groups excluding carboxylic acids is 2. The highest BCUT2D eigenvalue weighted by Crippen LogP contribution is 2.38. The van der Waals surface area contributed by atoms with Crippen molar-refractivity contribution < 1.29 is 24.2 Å². The maximum Gasteiger partial charge on any atom is 0.340 e. The molecule has 1 atom stereocenters. The highest BCUT2D eigenvalue weighted by atomic mass is 16.5. The smallest absolute Gasteiger partial charge is 0.340 e. The third kappa shape index (κ3) is 3.62. The lowest BCUT2D eigenvalue weighted by Gasteiger charge is -2.26. The Morgan fingerprint density at radius 3 is 2.59 bits per heavy atom. The van der Waals surface area contributed by atoms with Gasteiger partial charge in [-0.15, -0.1) is 0 Å². The van der Waals surface area contributed by atoms with E-state index in [0.717, 1.165) is 5.56 Å². The first-order valence-corrected chi connectivity index (χ1v) is 8.50. The normalized spacial score (nSPS) is 16.6. The molecule has 7 heteroatoms. The molecular formula is C20H20N2O5. The molecule has 1 aliphatic heterocycles. The van der Waals surface area contributed by atoms with E-state index >= 15 is 0 Å². The molecule has 140 valence electrons. The number of amides is 1. The number of aliphatic hydroxyl groups is 1. The molecule has 1 aromatic heterocycles. The Hall–Kier alpha value is -3.35. The van der Waals surface area contributed by atoms with Crippen LogP contribution in [0.2, 0.25) is 0 Å². The molecule has 0 saturated carbocycles. The van der Waals surface area contributed by atoms with Crippen molar-refractivity contribution in [3.05, 3.63) is 71.3 Å². The largest absolute Gasteiger partial charge is 0.503 e. The Kier molecular flexibility index (Phi) is 5.40. The van der Waals surface area contributed by atoms with E-state index in [4.69, 9.17) is 9.47 Å². The van der Waals surface area contributed by atoms with Crippen LogP contribution in [0.5, 0.6) is 5.75 Å². The fourth-order valence-electron chi connectivity index (χ4n) is 3.05. The van der Waals surface area contributed by atoms with E-state index in [1.54, 1.807) is 50.7 Å². The van der Waals surface area contributed by atoms with Crippen molar-refractivity contribution in [1.29, 1.82) is 0 Å². The zero-order valence-corrected chi connectivity index (χ0v) is 15.1. The van der Waals surface area contributed by atoms with Gasteiger partial charge in [-0.25, -0.2) is 4.79 Å². The molecule has 0 unspecified atom stereocenters. The van der Waals surface area contributed by atoms with Crippen LogP contribution < -0.4 is 4.74 Å². The van der Waals surface area contributed by atoms with Gasteiger partial charge >= 0.3 is 5.97 Å². The number of hydrogen-bond acceptors (Lipinski definition) is 6. The second-order valence-electron chi connectivity index (χ2n) is 5.95. The van der Waals surface area contributed by atoms with Crippen LogP contribution in [0, 0.1) is 0 Å². The molecule has 1 N–H and O–H groups in total. The van der Waals surface area contributed by atoms with Crippen LogP contribution in [0.4, 0.5) is 0 Å². The molecular weight excluding hydrogens is 348 g/mol. The molecule has 2 heterocycles. The van der Waals surface area contributed by atoms with Gasteiger partial charge in [0.2, 0.25) is 0 Å². The van der Waals surface area contributed by atoms with Crippen LogP contribution in [-0.2, 0) is 20.9 Å². The SMILES string of the molecule is CCOC(=O)C1=C(O)C(=O)N(Cc2ccc(OC)cc2)[C@H]1c1cccnc1. The zero-order valence-electron chi connectivity index (χ0n) is 15.1. The monoisotopic (exact) mass is 368 g/mol. The van der Waals surface area contributed by atoms with Gasteiger partial charge in [0.1, 0.15) is 11.3 Å². The highest BCUT2D eigenvalue weighted by molar-refractivity contribution is 6.06. The Bertz CT molecular complexity index is 862. The Morgan fingerprint density at radius 2 is 2.00 bits per heavy atom. The van der Waals surface area contributed by atoms with Crippen molar-refractivity contribution >= 4 is 11.9 Å². The van der Waals surface area contributed by atoms with E-state index in [9.17, 15) is 14.7 Å². The number of carbonyl (C=O) groups is 2. The number of ether oxygens (including phenoxy) is 2. The van der Waals surface area contributed by atoms with Crippen LogP contribution in [0.1, 0.15) is 24.1 Å². The summed E-state index contributed by atoms with van der Waals surface area (Å²) in [5, 5.41) is 10.4. The minimum absolute atomic E-state index is 0.0663. The Balaban J connectivity index is 1.98. The molecule has 1 aliphatic rings. The maximum atomic E-state index is 12.7.